The third-order valence-electron chi connectivity index (χ3n) is 6.72. The van der Waals surface area contributed by atoms with Crippen molar-refractivity contribution in [1.82, 2.24) is 19.9 Å². The van der Waals surface area contributed by atoms with Gasteiger partial charge in [-0.1, -0.05) is 23.4 Å². The zero-order valence-electron chi connectivity index (χ0n) is 20.8. The lowest BCUT2D eigenvalue weighted by Gasteiger charge is -2.23. The van der Waals surface area contributed by atoms with Crippen LogP contribution in [0, 0.1) is 23.4 Å². The van der Waals surface area contributed by atoms with Crippen LogP contribution in [-0.4, -0.2) is 44.2 Å². The van der Waals surface area contributed by atoms with E-state index in [4.69, 9.17) is 4.74 Å². The molecule has 0 saturated carbocycles. The van der Waals surface area contributed by atoms with Gasteiger partial charge in [0.15, 0.2) is 5.78 Å². The van der Waals surface area contributed by atoms with Crippen molar-refractivity contribution in [2.24, 2.45) is 5.92 Å². The Morgan fingerprint density at radius 1 is 0.923 bits per heavy atom. The molecular weight excluding hydrogens is 509 g/mol. The number of nitrogens with zero attached hydrogens (tertiary/aromatic N) is 4. The highest BCUT2D eigenvalue weighted by atomic mass is 19.1. The van der Waals surface area contributed by atoms with Crippen LogP contribution in [0.3, 0.4) is 0 Å². The van der Waals surface area contributed by atoms with Gasteiger partial charge in [0, 0.05) is 25.2 Å². The summed E-state index contributed by atoms with van der Waals surface area (Å²) in [6.45, 7) is 0.196. The van der Waals surface area contributed by atoms with Crippen LogP contribution in [-0.2, 0) is 29.0 Å². The number of amides is 1. The van der Waals surface area contributed by atoms with E-state index in [9.17, 15) is 22.8 Å². The Hall–Kier alpha value is -4.47. The molecular formula is C29H25F3N4O3. The van der Waals surface area contributed by atoms with Crippen LogP contribution in [0.2, 0.25) is 0 Å². The minimum absolute atomic E-state index is 0.0726. The average molecular weight is 535 g/mol. The molecule has 0 unspecified atom stereocenters. The second-order valence-electron chi connectivity index (χ2n) is 9.55. The Kier molecular flexibility index (Phi) is 7.72. The molecule has 2 atom stereocenters. The normalized spacial score (nSPS) is 16.8. The van der Waals surface area contributed by atoms with E-state index in [0.717, 1.165) is 11.6 Å². The minimum atomic E-state index is -0.690. The minimum Gasteiger partial charge on any atom is -0.457 e. The number of carbonyl (C=O) groups is 2. The lowest BCUT2D eigenvalue weighted by molar-refractivity contribution is -0.138. The summed E-state index contributed by atoms with van der Waals surface area (Å²) in [6.07, 6.45) is 3.75. The van der Waals surface area contributed by atoms with Gasteiger partial charge in [-0.25, -0.2) is 17.9 Å². The van der Waals surface area contributed by atoms with Crippen molar-refractivity contribution in [3.63, 3.8) is 0 Å². The standard InChI is InChI=1S/C29H25F3N4O3/c30-22-5-9-25(10-6-22)39-24-7-1-19(2-8-24)15-28(37)27-14-20(13-21-3-4-23(31)16-26(21)32)17-36(27)29(38)18-35-12-11-33-34-35/h1-12,16,20,27H,13-15,17-18H2/t20-,27+/m1/s1. The highest BCUT2D eigenvalue weighted by Gasteiger charge is 2.39. The number of benzene rings is 3. The fraction of sp³-hybridized carbons (Fsp3) is 0.241. The Balaban J connectivity index is 1.28. The molecule has 0 radical (unpaired) electrons. The van der Waals surface area contributed by atoms with Crippen LogP contribution in [0.1, 0.15) is 17.5 Å². The maximum atomic E-state index is 14.3. The van der Waals surface area contributed by atoms with Gasteiger partial charge in [0.25, 0.3) is 0 Å². The maximum Gasteiger partial charge on any atom is 0.244 e. The van der Waals surface area contributed by atoms with Gasteiger partial charge >= 0.3 is 0 Å². The van der Waals surface area contributed by atoms with Gasteiger partial charge in [-0.15, -0.1) is 5.10 Å². The first kappa shape index (κ1) is 26.1. The third kappa shape index (κ3) is 6.51. The number of ether oxygens (including phenoxy) is 1. The van der Waals surface area contributed by atoms with Crippen molar-refractivity contribution >= 4 is 11.7 Å². The fourth-order valence-electron chi connectivity index (χ4n) is 4.83. The average Bonchev–Trinajstić information content (AvgIpc) is 3.58. The van der Waals surface area contributed by atoms with Crippen LogP contribution in [0.4, 0.5) is 13.2 Å². The van der Waals surface area contributed by atoms with E-state index in [0.29, 0.717) is 23.5 Å². The van der Waals surface area contributed by atoms with Crippen LogP contribution in [0.5, 0.6) is 11.5 Å². The SMILES string of the molecule is O=C(Cc1ccc(Oc2ccc(F)cc2)cc1)[C@@H]1C[C@@H](Cc2ccc(F)cc2F)CN1C(=O)Cn1ccnn1. The largest absolute Gasteiger partial charge is 0.457 e. The molecule has 3 aromatic carbocycles. The number of halogens is 3. The van der Waals surface area contributed by atoms with Crippen molar-refractivity contribution < 1.29 is 27.5 Å². The van der Waals surface area contributed by atoms with Crippen molar-refractivity contribution in [2.75, 3.05) is 6.54 Å². The summed E-state index contributed by atoms with van der Waals surface area (Å²) < 4.78 is 47.9. The smallest absolute Gasteiger partial charge is 0.244 e. The van der Waals surface area contributed by atoms with E-state index in [-0.39, 0.29) is 49.4 Å². The summed E-state index contributed by atoms with van der Waals surface area (Å²) in [4.78, 5) is 28.1. The molecule has 0 spiro atoms. The Morgan fingerprint density at radius 2 is 1.62 bits per heavy atom. The first-order chi connectivity index (χ1) is 18.8. The molecule has 1 amide bonds. The summed E-state index contributed by atoms with van der Waals surface area (Å²) in [5.74, 6) is -1.25. The second-order valence-corrected chi connectivity index (χ2v) is 9.55. The number of hydrogen-bond donors (Lipinski definition) is 0. The molecule has 1 fully saturated rings. The van der Waals surface area contributed by atoms with Gasteiger partial charge < -0.3 is 9.64 Å². The first-order valence-corrected chi connectivity index (χ1v) is 12.5. The quantitative estimate of drug-likeness (QED) is 0.310. The molecule has 1 saturated heterocycles. The molecule has 5 rings (SSSR count). The van der Waals surface area contributed by atoms with Gasteiger partial charge in [0.05, 0.1) is 12.2 Å². The molecule has 1 aromatic heterocycles. The third-order valence-corrected chi connectivity index (χ3v) is 6.72. The highest BCUT2D eigenvalue weighted by molar-refractivity contribution is 5.91. The molecule has 0 aliphatic carbocycles. The molecule has 39 heavy (non-hydrogen) atoms. The van der Waals surface area contributed by atoms with Crippen LogP contribution in [0.25, 0.3) is 0 Å². The van der Waals surface area contributed by atoms with E-state index in [1.807, 2.05) is 0 Å². The second kappa shape index (κ2) is 11.5. The summed E-state index contributed by atoms with van der Waals surface area (Å²) in [5, 5.41) is 7.55. The number of hydrogen-bond acceptors (Lipinski definition) is 5. The van der Waals surface area contributed by atoms with Gasteiger partial charge in [-0.05, 0) is 72.4 Å². The van der Waals surface area contributed by atoms with Crippen LogP contribution in [0.15, 0.2) is 79.1 Å². The number of ketones is 1. The Bertz CT molecular complexity index is 1440. The van der Waals surface area contributed by atoms with E-state index in [1.54, 1.807) is 30.5 Å². The number of aromatic nitrogens is 3. The van der Waals surface area contributed by atoms with Crippen molar-refractivity contribution in [3.05, 3.63) is 108 Å². The summed E-state index contributed by atoms with van der Waals surface area (Å²) in [5.41, 5.74) is 1.08. The predicted octanol–water partition coefficient (Wildman–Crippen LogP) is 4.76. The van der Waals surface area contributed by atoms with Crippen molar-refractivity contribution in [3.8, 4) is 11.5 Å². The van der Waals surface area contributed by atoms with E-state index < -0.39 is 17.7 Å². The molecule has 0 N–H and O–H groups in total. The molecule has 2 heterocycles. The first-order valence-electron chi connectivity index (χ1n) is 12.5. The summed E-state index contributed by atoms with van der Waals surface area (Å²) >= 11 is 0. The molecule has 1 aliphatic heterocycles. The topological polar surface area (TPSA) is 77.3 Å². The van der Waals surface area contributed by atoms with Gasteiger partial charge in [0.1, 0.15) is 35.5 Å². The van der Waals surface area contributed by atoms with Crippen molar-refractivity contribution in [1.29, 1.82) is 0 Å². The molecule has 4 aromatic rings. The molecule has 1 aliphatic rings. The molecule has 0 bridgehead atoms. The van der Waals surface area contributed by atoms with Crippen LogP contribution < -0.4 is 4.74 Å². The Morgan fingerprint density at radius 3 is 2.28 bits per heavy atom. The fourth-order valence-corrected chi connectivity index (χ4v) is 4.83. The number of Topliss-reactive ketones (excluding diaryl/α,β-unsaturated/α-hetero) is 1. The Labute approximate surface area is 222 Å². The number of carbonyl (C=O) groups excluding carboxylic acids is 2. The maximum absolute atomic E-state index is 14.3. The molecule has 200 valence electrons. The monoisotopic (exact) mass is 534 g/mol. The zero-order chi connectivity index (χ0) is 27.4. The summed E-state index contributed by atoms with van der Waals surface area (Å²) in [7, 11) is 0. The molecule has 10 heteroatoms. The number of rotatable bonds is 9. The van der Waals surface area contributed by atoms with Crippen molar-refractivity contribution in [2.45, 2.75) is 31.8 Å². The lowest BCUT2D eigenvalue weighted by Crippen LogP contribution is -2.42. The van der Waals surface area contributed by atoms with Gasteiger partial charge in [0.2, 0.25) is 5.91 Å². The summed E-state index contributed by atoms with van der Waals surface area (Å²) in [6, 6.07) is 15.4. The van der Waals surface area contributed by atoms with Crippen LogP contribution >= 0.6 is 0 Å². The van der Waals surface area contributed by atoms with E-state index in [1.165, 1.54) is 52.2 Å². The highest BCUT2D eigenvalue weighted by Crippen LogP contribution is 2.30. The van der Waals surface area contributed by atoms with E-state index in [2.05, 4.69) is 10.3 Å². The number of likely N-dealkylation sites (tertiary alicyclic amines) is 1. The van der Waals surface area contributed by atoms with Gasteiger partial charge in [-0.2, -0.15) is 0 Å². The molecule has 7 nitrogen and oxygen atoms in total. The van der Waals surface area contributed by atoms with Gasteiger partial charge in [-0.3, -0.25) is 9.59 Å². The zero-order valence-corrected chi connectivity index (χ0v) is 20.8. The predicted molar refractivity (Wildman–Crippen MR) is 135 cm³/mol. The van der Waals surface area contributed by atoms with E-state index >= 15 is 0 Å². The lowest BCUT2D eigenvalue weighted by atomic mass is 9.94.